The van der Waals surface area contributed by atoms with Crippen LogP contribution in [0.4, 0.5) is 5.13 Å². The summed E-state index contributed by atoms with van der Waals surface area (Å²) in [5.74, 6) is -0.396. The quantitative estimate of drug-likeness (QED) is 0.619. The van der Waals surface area contributed by atoms with Crippen LogP contribution in [0.25, 0.3) is 10.2 Å². The molecule has 0 fully saturated rings. The lowest BCUT2D eigenvalue weighted by atomic mass is 10.3. The van der Waals surface area contributed by atoms with E-state index in [1.54, 1.807) is 7.11 Å². The molecule has 0 aromatic carbocycles. The number of thiophene rings is 1. The number of fused-ring (bicyclic) bond motifs is 1. The highest BCUT2D eigenvalue weighted by atomic mass is 32.1. The van der Waals surface area contributed by atoms with Crippen LogP contribution in [0, 0.1) is 4.77 Å². The van der Waals surface area contributed by atoms with E-state index in [-0.39, 0.29) is 16.9 Å². The zero-order valence-electron chi connectivity index (χ0n) is 13.5. The van der Waals surface area contributed by atoms with Crippen LogP contribution in [-0.4, -0.2) is 32.8 Å². The number of hydrogen-bond donors (Lipinski definition) is 2. The average Bonchev–Trinajstić information content (AvgIpc) is 3.18. The van der Waals surface area contributed by atoms with E-state index in [4.69, 9.17) is 17.0 Å². The number of H-pyrrole nitrogens is 1. The lowest BCUT2D eigenvalue weighted by Crippen LogP contribution is -2.28. The second-order valence-electron chi connectivity index (χ2n) is 5.11. The van der Waals surface area contributed by atoms with Gasteiger partial charge in [0.15, 0.2) is 4.77 Å². The van der Waals surface area contributed by atoms with Gasteiger partial charge >= 0.3 is 0 Å². The number of hydrogen-bond acceptors (Lipinski definition) is 8. The fraction of sp³-hybridized carbons (Fsp3) is 0.357. The van der Waals surface area contributed by atoms with Gasteiger partial charge in [0.1, 0.15) is 23.0 Å². The summed E-state index contributed by atoms with van der Waals surface area (Å²) in [6, 6.07) is 1.84. The van der Waals surface area contributed by atoms with Gasteiger partial charge < -0.3 is 9.72 Å². The van der Waals surface area contributed by atoms with Gasteiger partial charge in [-0.25, -0.2) is 0 Å². The summed E-state index contributed by atoms with van der Waals surface area (Å²) in [6.45, 7) is 2.15. The number of nitrogens with one attached hydrogen (secondary N) is 2. The summed E-state index contributed by atoms with van der Waals surface area (Å²) in [4.78, 5) is 29.7. The molecule has 3 rings (SSSR count). The van der Waals surface area contributed by atoms with Crippen molar-refractivity contribution in [1.29, 1.82) is 0 Å². The molecular formula is C14H15N5O3S3. The normalized spacial score (nSPS) is 11.1. The summed E-state index contributed by atoms with van der Waals surface area (Å²) < 4.78 is 6.42. The first-order chi connectivity index (χ1) is 12.0. The molecule has 0 spiro atoms. The van der Waals surface area contributed by atoms with Crippen LogP contribution in [0.2, 0.25) is 0 Å². The number of ether oxygens (including phenoxy) is 1. The zero-order valence-corrected chi connectivity index (χ0v) is 15.9. The molecule has 0 aliphatic rings. The van der Waals surface area contributed by atoms with E-state index in [1.807, 2.05) is 13.0 Å². The molecule has 0 aliphatic carbocycles. The van der Waals surface area contributed by atoms with Gasteiger partial charge in [-0.1, -0.05) is 18.3 Å². The Kier molecular flexibility index (Phi) is 5.37. The van der Waals surface area contributed by atoms with E-state index in [2.05, 4.69) is 20.5 Å². The van der Waals surface area contributed by atoms with Crippen LogP contribution >= 0.6 is 34.9 Å². The molecular weight excluding hydrogens is 382 g/mol. The molecule has 8 nitrogen and oxygen atoms in total. The Morgan fingerprint density at radius 1 is 1.44 bits per heavy atom. The minimum absolute atomic E-state index is 0.194. The molecule has 132 valence electrons. The molecule has 11 heteroatoms. The van der Waals surface area contributed by atoms with Gasteiger partial charge in [0, 0.05) is 12.0 Å². The maximum absolute atomic E-state index is 12.6. The monoisotopic (exact) mass is 397 g/mol. The second kappa shape index (κ2) is 7.52. The Morgan fingerprint density at radius 3 is 2.96 bits per heavy atom. The van der Waals surface area contributed by atoms with Crippen LogP contribution < -0.4 is 10.9 Å². The maximum Gasteiger partial charge on any atom is 0.263 e. The van der Waals surface area contributed by atoms with E-state index >= 15 is 0 Å². The molecule has 3 aromatic rings. The summed E-state index contributed by atoms with van der Waals surface area (Å²) in [7, 11) is 1.55. The van der Waals surface area contributed by atoms with Crippen molar-refractivity contribution in [1.82, 2.24) is 19.7 Å². The van der Waals surface area contributed by atoms with Gasteiger partial charge in [0.05, 0.1) is 5.39 Å². The summed E-state index contributed by atoms with van der Waals surface area (Å²) in [6.07, 6.45) is 0.834. The van der Waals surface area contributed by atoms with Crippen LogP contribution in [0.3, 0.4) is 0 Å². The first-order valence-corrected chi connectivity index (χ1v) is 9.42. The number of nitrogens with zero attached hydrogens (tertiary/aromatic N) is 3. The van der Waals surface area contributed by atoms with Gasteiger partial charge in [0.25, 0.3) is 5.56 Å². The van der Waals surface area contributed by atoms with Gasteiger partial charge in [-0.15, -0.1) is 21.5 Å². The van der Waals surface area contributed by atoms with Crippen LogP contribution in [-0.2, 0) is 29.1 Å². The first kappa shape index (κ1) is 17.9. The third-order valence-electron chi connectivity index (χ3n) is 3.36. The van der Waals surface area contributed by atoms with Gasteiger partial charge in [-0.2, -0.15) is 0 Å². The van der Waals surface area contributed by atoms with Crippen molar-refractivity contribution in [2.75, 3.05) is 12.4 Å². The maximum atomic E-state index is 12.6. The number of aryl methyl sites for hydroxylation is 1. The van der Waals surface area contributed by atoms with Gasteiger partial charge in [-0.3, -0.25) is 19.5 Å². The van der Waals surface area contributed by atoms with Crippen molar-refractivity contribution in [2.24, 2.45) is 0 Å². The molecule has 0 bridgehead atoms. The number of carbonyl (C=O) groups is 1. The summed E-state index contributed by atoms with van der Waals surface area (Å²) in [5.41, 5.74) is -0.276. The van der Waals surface area contributed by atoms with Crippen molar-refractivity contribution in [2.45, 2.75) is 26.5 Å². The highest BCUT2D eigenvalue weighted by Gasteiger charge is 2.14. The Balaban J connectivity index is 1.82. The Bertz CT molecular complexity index is 1030. The van der Waals surface area contributed by atoms with Crippen LogP contribution in [0.1, 0.15) is 16.8 Å². The first-order valence-electron chi connectivity index (χ1n) is 7.38. The van der Waals surface area contributed by atoms with Crippen LogP contribution in [0.5, 0.6) is 0 Å². The highest BCUT2D eigenvalue weighted by Crippen LogP contribution is 2.21. The Labute approximate surface area is 155 Å². The van der Waals surface area contributed by atoms with Crippen molar-refractivity contribution in [3.05, 3.63) is 31.1 Å². The Hall–Kier alpha value is -1.95. The molecule has 1 amide bonds. The number of rotatable bonds is 6. The topological polar surface area (TPSA) is 102 Å². The number of methoxy groups -OCH3 is 1. The predicted molar refractivity (Wildman–Crippen MR) is 99.9 cm³/mol. The van der Waals surface area contributed by atoms with Crippen molar-refractivity contribution in [3.8, 4) is 0 Å². The molecule has 3 heterocycles. The molecule has 0 saturated carbocycles. The van der Waals surface area contributed by atoms with Gasteiger partial charge in [0.2, 0.25) is 11.0 Å². The highest BCUT2D eigenvalue weighted by molar-refractivity contribution is 7.71. The van der Waals surface area contributed by atoms with E-state index in [0.29, 0.717) is 22.1 Å². The molecule has 0 radical (unpaired) electrons. The fourth-order valence-corrected chi connectivity index (χ4v) is 4.23. The van der Waals surface area contributed by atoms with Crippen molar-refractivity contribution < 1.29 is 9.53 Å². The minimum Gasteiger partial charge on any atom is -0.377 e. The van der Waals surface area contributed by atoms with E-state index in [0.717, 1.165) is 16.1 Å². The number of aromatic amines is 1. The SMILES string of the molecule is CCc1cc2c(=O)n(CC(=O)Nc3nnc(COC)s3)c(=S)[nH]c2s1. The fourth-order valence-electron chi connectivity index (χ4n) is 2.20. The van der Waals surface area contributed by atoms with Crippen molar-refractivity contribution in [3.63, 3.8) is 0 Å². The molecule has 0 aliphatic heterocycles. The number of aromatic nitrogens is 4. The smallest absolute Gasteiger partial charge is 0.263 e. The molecule has 2 N–H and O–H groups in total. The molecule has 3 aromatic heterocycles. The predicted octanol–water partition coefficient (Wildman–Crippen LogP) is 2.32. The van der Waals surface area contributed by atoms with E-state index < -0.39 is 5.91 Å². The number of amides is 1. The standard InChI is InChI=1S/C14H15N5O3S3/c1-3-7-4-8-11(24-7)16-14(23)19(12(8)21)5-9(20)15-13-18-17-10(25-13)6-22-2/h4H,3,5-6H2,1-2H3,(H,16,23)(H,15,18,20). The summed E-state index contributed by atoms with van der Waals surface area (Å²) in [5, 5.41) is 11.9. The third kappa shape index (κ3) is 3.84. The molecule has 0 saturated heterocycles. The van der Waals surface area contributed by atoms with Crippen LogP contribution in [0.15, 0.2) is 10.9 Å². The lowest BCUT2D eigenvalue weighted by molar-refractivity contribution is -0.116. The second-order valence-corrected chi connectivity index (χ2v) is 7.70. The van der Waals surface area contributed by atoms with E-state index in [9.17, 15) is 9.59 Å². The minimum atomic E-state index is -0.396. The molecule has 0 atom stereocenters. The Morgan fingerprint density at radius 2 is 2.24 bits per heavy atom. The average molecular weight is 398 g/mol. The largest absolute Gasteiger partial charge is 0.377 e. The molecule has 25 heavy (non-hydrogen) atoms. The third-order valence-corrected chi connectivity index (χ3v) is 5.68. The zero-order chi connectivity index (χ0) is 18.0. The molecule has 0 unspecified atom stereocenters. The summed E-state index contributed by atoms with van der Waals surface area (Å²) >= 11 is 7.94. The van der Waals surface area contributed by atoms with Crippen molar-refractivity contribution >= 4 is 56.1 Å². The number of anilines is 1. The lowest BCUT2D eigenvalue weighted by Gasteiger charge is -2.05. The number of carbonyl (C=O) groups excluding carboxylic acids is 1. The van der Waals surface area contributed by atoms with Gasteiger partial charge in [-0.05, 0) is 24.7 Å². The van der Waals surface area contributed by atoms with E-state index in [1.165, 1.54) is 27.2 Å².